The Hall–Kier alpha value is -2.23. The molecule has 2 aromatic carbocycles. The smallest absolute Gasteiger partial charge is 0.171 e. The van der Waals surface area contributed by atoms with E-state index in [1.165, 1.54) is 11.3 Å². The summed E-state index contributed by atoms with van der Waals surface area (Å²) in [7, 11) is 0. The van der Waals surface area contributed by atoms with E-state index in [0.29, 0.717) is 16.1 Å². The Bertz CT molecular complexity index is 824. The van der Waals surface area contributed by atoms with Gasteiger partial charge in [0.25, 0.3) is 0 Å². The van der Waals surface area contributed by atoms with Crippen LogP contribution in [0.25, 0.3) is 0 Å². The summed E-state index contributed by atoms with van der Waals surface area (Å²) in [6, 6.07) is 19.7. The van der Waals surface area contributed by atoms with Gasteiger partial charge >= 0.3 is 0 Å². The lowest BCUT2D eigenvalue weighted by Gasteiger charge is -2.14. The lowest BCUT2D eigenvalue weighted by Crippen LogP contribution is -2.16. The van der Waals surface area contributed by atoms with Crippen LogP contribution in [-0.2, 0) is 0 Å². The SMILES string of the molecule is O=C(CC(C(=O)c1ccccc1)c1cccs1)c1ccc(Cl)cc1. The molecule has 0 aliphatic heterocycles. The van der Waals surface area contributed by atoms with Crippen LogP contribution >= 0.6 is 22.9 Å². The molecular weight excluding hydrogens is 340 g/mol. The molecule has 2 nitrogen and oxygen atoms in total. The summed E-state index contributed by atoms with van der Waals surface area (Å²) < 4.78 is 0. The first-order valence-electron chi connectivity index (χ1n) is 7.56. The van der Waals surface area contributed by atoms with Gasteiger partial charge in [-0.25, -0.2) is 0 Å². The second kappa shape index (κ2) is 7.56. The Balaban J connectivity index is 1.87. The topological polar surface area (TPSA) is 34.1 Å². The highest BCUT2D eigenvalue weighted by atomic mass is 35.5. The Morgan fingerprint density at radius 1 is 0.875 bits per heavy atom. The van der Waals surface area contributed by atoms with Gasteiger partial charge in [-0.15, -0.1) is 11.3 Å². The van der Waals surface area contributed by atoms with Crippen molar-refractivity contribution < 1.29 is 9.59 Å². The van der Waals surface area contributed by atoms with Gasteiger partial charge in [-0.05, 0) is 35.7 Å². The molecule has 0 bridgehead atoms. The molecule has 0 fully saturated rings. The monoisotopic (exact) mass is 354 g/mol. The van der Waals surface area contributed by atoms with Gasteiger partial charge in [-0.3, -0.25) is 9.59 Å². The molecule has 4 heteroatoms. The summed E-state index contributed by atoms with van der Waals surface area (Å²) in [5.41, 5.74) is 1.20. The van der Waals surface area contributed by atoms with Gasteiger partial charge < -0.3 is 0 Å². The molecule has 0 N–H and O–H groups in total. The average Bonchev–Trinajstić information content (AvgIpc) is 3.14. The van der Waals surface area contributed by atoms with Gasteiger partial charge in [0.2, 0.25) is 0 Å². The van der Waals surface area contributed by atoms with E-state index in [2.05, 4.69) is 0 Å². The second-order valence-electron chi connectivity index (χ2n) is 5.43. The molecule has 3 aromatic rings. The number of thiophene rings is 1. The maximum atomic E-state index is 12.9. The van der Waals surface area contributed by atoms with Crippen LogP contribution < -0.4 is 0 Å². The molecule has 0 spiro atoms. The fourth-order valence-electron chi connectivity index (χ4n) is 2.55. The standard InChI is InChI=1S/C20H15ClO2S/c21-16-10-8-14(9-11-16)18(22)13-17(19-7-4-12-24-19)20(23)15-5-2-1-3-6-15/h1-12,17H,13H2. The highest BCUT2D eigenvalue weighted by molar-refractivity contribution is 7.10. The lowest BCUT2D eigenvalue weighted by molar-refractivity contribution is 0.0895. The minimum absolute atomic E-state index is 0.0274. The zero-order valence-corrected chi connectivity index (χ0v) is 14.4. The summed E-state index contributed by atoms with van der Waals surface area (Å²) >= 11 is 7.37. The molecule has 24 heavy (non-hydrogen) atoms. The van der Waals surface area contributed by atoms with E-state index in [-0.39, 0.29) is 18.0 Å². The van der Waals surface area contributed by atoms with Crippen LogP contribution in [0.15, 0.2) is 72.1 Å². The first kappa shape index (κ1) is 16.6. The zero-order valence-electron chi connectivity index (χ0n) is 12.8. The molecule has 3 rings (SSSR count). The fraction of sp³-hybridized carbons (Fsp3) is 0.100. The van der Waals surface area contributed by atoms with Crippen LogP contribution in [0.3, 0.4) is 0 Å². The van der Waals surface area contributed by atoms with E-state index < -0.39 is 5.92 Å². The van der Waals surface area contributed by atoms with Gasteiger partial charge in [0.15, 0.2) is 11.6 Å². The quantitative estimate of drug-likeness (QED) is 0.537. The van der Waals surface area contributed by atoms with E-state index in [1.54, 1.807) is 36.4 Å². The van der Waals surface area contributed by atoms with Crippen molar-refractivity contribution in [3.63, 3.8) is 0 Å². The minimum atomic E-state index is -0.462. The molecule has 120 valence electrons. The van der Waals surface area contributed by atoms with Crippen LogP contribution in [0.2, 0.25) is 5.02 Å². The maximum Gasteiger partial charge on any atom is 0.171 e. The van der Waals surface area contributed by atoms with Crippen molar-refractivity contribution in [1.29, 1.82) is 0 Å². The molecule has 1 atom stereocenters. The van der Waals surface area contributed by atoms with Crippen molar-refractivity contribution >= 4 is 34.5 Å². The van der Waals surface area contributed by atoms with Crippen molar-refractivity contribution in [3.8, 4) is 0 Å². The maximum absolute atomic E-state index is 12.9. The highest BCUT2D eigenvalue weighted by Gasteiger charge is 2.26. The Labute approximate surface area is 149 Å². The van der Waals surface area contributed by atoms with Crippen LogP contribution in [-0.4, -0.2) is 11.6 Å². The summed E-state index contributed by atoms with van der Waals surface area (Å²) in [5, 5.41) is 2.51. The largest absolute Gasteiger partial charge is 0.294 e. The van der Waals surface area contributed by atoms with E-state index in [1.807, 2.05) is 35.7 Å². The van der Waals surface area contributed by atoms with Gasteiger partial charge in [-0.2, -0.15) is 0 Å². The van der Waals surface area contributed by atoms with Crippen LogP contribution in [0, 0.1) is 0 Å². The van der Waals surface area contributed by atoms with Gasteiger partial charge in [-0.1, -0.05) is 48.0 Å². The number of halogens is 1. The molecule has 1 heterocycles. The normalized spacial score (nSPS) is 11.9. The fourth-order valence-corrected chi connectivity index (χ4v) is 3.51. The third-order valence-corrected chi connectivity index (χ3v) is 5.06. The van der Waals surface area contributed by atoms with E-state index in [9.17, 15) is 9.59 Å². The number of hydrogen-bond donors (Lipinski definition) is 0. The molecular formula is C20H15ClO2S. The molecule has 0 aliphatic rings. The number of benzene rings is 2. The van der Waals surface area contributed by atoms with Crippen molar-refractivity contribution in [1.82, 2.24) is 0 Å². The van der Waals surface area contributed by atoms with Crippen LogP contribution in [0.4, 0.5) is 0 Å². The van der Waals surface area contributed by atoms with E-state index in [0.717, 1.165) is 4.88 Å². The third-order valence-electron chi connectivity index (χ3n) is 3.82. The van der Waals surface area contributed by atoms with E-state index in [4.69, 9.17) is 11.6 Å². The number of Topliss-reactive ketones (excluding diaryl/α,β-unsaturated/α-hetero) is 2. The van der Waals surface area contributed by atoms with Crippen molar-refractivity contribution in [2.45, 2.75) is 12.3 Å². The first-order chi connectivity index (χ1) is 11.6. The third kappa shape index (κ3) is 3.81. The van der Waals surface area contributed by atoms with Gasteiger partial charge in [0.1, 0.15) is 0 Å². The summed E-state index contributed by atoms with van der Waals surface area (Å²) in [5.74, 6) is -0.551. The number of hydrogen-bond acceptors (Lipinski definition) is 3. The summed E-state index contributed by atoms with van der Waals surface area (Å²) in [6.45, 7) is 0. The lowest BCUT2D eigenvalue weighted by atomic mass is 9.89. The average molecular weight is 355 g/mol. The zero-order chi connectivity index (χ0) is 16.9. The number of carbonyl (C=O) groups is 2. The Kier molecular flexibility index (Phi) is 5.24. The first-order valence-corrected chi connectivity index (χ1v) is 8.82. The van der Waals surface area contributed by atoms with Crippen LogP contribution in [0.1, 0.15) is 37.9 Å². The van der Waals surface area contributed by atoms with Gasteiger partial charge in [0.05, 0.1) is 5.92 Å². The number of rotatable bonds is 6. The minimum Gasteiger partial charge on any atom is -0.294 e. The molecule has 0 saturated heterocycles. The summed E-state index contributed by atoms with van der Waals surface area (Å²) in [4.78, 5) is 26.4. The molecule has 1 aromatic heterocycles. The molecule has 0 saturated carbocycles. The molecule has 0 radical (unpaired) electrons. The summed E-state index contributed by atoms with van der Waals surface area (Å²) in [6.07, 6.45) is 0.149. The van der Waals surface area contributed by atoms with Crippen molar-refractivity contribution in [3.05, 3.63) is 93.1 Å². The van der Waals surface area contributed by atoms with Crippen molar-refractivity contribution in [2.24, 2.45) is 0 Å². The Morgan fingerprint density at radius 3 is 2.21 bits per heavy atom. The highest BCUT2D eigenvalue weighted by Crippen LogP contribution is 2.29. The Morgan fingerprint density at radius 2 is 1.58 bits per heavy atom. The predicted octanol–water partition coefficient (Wildman–Crippen LogP) is 5.64. The molecule has 0 amide bonds. The number of ketones is 2. The van der Waals surface area contributed by atoms with Crippen molar-refractivity contribution in [2.75, 3.05) is 0 Å². The number of carbonyl (C=O) groups excluding carboxylic acids is 2. The predicted molar refractivity (Wildman–Crippen MR) is 98.2 cm³/mol. The molecule has 0 aliphatic carbocycles. The molecule has 1 unspecified atom stereocenters. The van der Waals surface area contributed by atoms with E-state index >= 15 is 0 Å². The second-order valence-corrected chi connectivity index (χ2v) is 6.85. The van der Waals surface area contributed by atoms with Crippen LogP contribution in [0.5, 0.6) is 0 Å². The van der Waals surface area contributed by atoms with Gasteiger partial charge in [0, 0.05) is 27.4 Å².